The number of anilines is 1. The van der Waals surface area contributed by atoms with Crippen LogP contribution in [0.25, 0.3) is 0 Å². The molecule has 6 nitrogen and oxygen atoms in total. The fourth-order valence-corrected chi connectivity index (χ4v) is 4.99. The van der Waals surface area contributed by atoms with Crippen LogP contribution in [0.5, 0.6) is 0 Å². The first kappa shape index (κ1) is 20.9. The molecule has 0 saturated carbocycles. The van der Waals surface area contributed by atoms with E-state index >= 15 is 0 Å². The number of nitrogens with one attached hydrogen (secondary N) is 1. The normalized spacial score (nSPS) is 21.4. The Bertz CT molecular complexity index is 906. The van der Waals surface area contributed by atoms with Crippen molar-refractivity contribution < 1.29 is 9.32 Å². The van der Waals surface area contributed by atoms with Crippen LogP contribution in [-0.4, -0.2) is 49.2 Å². The summed E-state index contributed by atoms with van der Waals surface area (Å²) in [7, 11) is 1.73. The van der Waals surface area contributed by atoms with Gasteiger partial charge in [-0.2, -0.15) is 0 Å². The maximum Gasteiger partial charge on any atom is 0.227 e. The fourth-order valence-electron chi connectivity index (χ4n) is 4.99. The summed E-state index contributed by atoms with van der Waals surface area (Å²) in [6, 6.07) is 8.89. The second kappa shape index (κ2) is 8.42. The van der Waals surface area contributed by atoms with Gasteiger partial charge in [-0.15, -0.1) is 0 Å². The third kappa shape index (κ3) is 3.97. The Labute approximate surface area is 179 Å². The second-order valence-corrected chi connectivity index (χ2v) is 9.16. The van der Waals surface area contributed by atoms with Crippen LogP contribution in [0.3, 0.4) is 0 Å². The molecule has 1 amide bonds. The minimum atomic E-state index is -0.460. The minimum Gasteiger partial charge on any atom is -0.371 e. The van der Waals surface area contributed by atoms with Crippen molar-refractivity contribution in [3.8, 4) is 0 Å². The molecule has 2 aromatic rings. The topological polar surface area (TPSA) is 61.6 Å². The average Bonchev–Trinajstić information content (AvgIpc) is 3.46. The van der Waals surface area contributed by atoms with Crippen molar-refractivity contribution in [1.29, 1.82) is 0 Å². The predicted molar refractivity (Wildman–Crippen MR) is 119 cm³/mol. The van der Waals surface area contributed by atoms with Crippen LogP contribution in [0.4, 0.5) is 5.69 Å². The molecule has 1 saturated heterocycles. The number of carbonyl (C=O) groups excluding carboxylic acids is 1. The number of fused-ring (bicyclic) bond motifs is 1. The number of carbonyl (C=O) groups is 1. The van der Waals surface area contributed by atoms with Gasteiger partial charge in [-0.25, -0.2) is 0 Å². The van der Waals surface area contributed by atoms with E-state index in [1.165, 1.54) is 16.8 Å². The van der Waals surface area contributed by atoms with Gasteiger partial charge in [-0.05, 0) is 49.4 Å². The van der Waals surface area contributed by atoms with Gasteiger partial charge in [0, 0.05) is 51.4 Å². The summed E-state index contributed by atoms with van der Waals surface area (Å²) in [5.74, 6) is 1.23. The molecule has 30 heavy (non-hydrogen) atoms. The van der Waals surface area contributed by atoms with Crippen LogP contribution < -0.4 is 10.2 Å². The van der Waals surface area contributed by atoms with Crippen molar-refractivity contribution in [3.63, 3.8) is 0 Å². The smallest absolute Gasteiger partial charge is 0.227 e. The summed E-state index contributed by atoms with van der Waals surface area (Å²) in [4.78, 5) is 17.7. The van der Waals surface area contributed by atoms with E-state index in [9.17, 15) is 4.79 Å². The van der Waals surface area contributed by atoms with Crippen molar-refractivity contribution in [2.75, 3.05) is 38.1 Å². The highest BCUT2D eigenvalue weighted by Gasteiger charge is 2.45. The third-order valence-corrected chi connectivity index (χ3v) is 6.75. The lowest BCUT2D eigenvalue weighted by atomic mass is 9.81. The Balaban J connectivity index is 1.47. The summed E-state index contributed by atoms with van der Waals surface area (Å²) in [5, 5.41) is 7.08. The maximum atomic E-state index is 12.9. The summed E-state index contributed by atoms with van der Waals surface area (Å²) in [5.41, 5.74) is 4.66. The molecule has 1 aromatic carbocycles. The molecule has 1 fully saturated rings. The van der Waals surface area contributed by atoms with Gasteiger partial charge in [0.15, 0.2) is 0 Å². The molecule has 1 aromatic heterocycles. The number of hydrogen-bond donors (Lipinski definition) is 1. The SMILES string of the molecule is CCN1CCc2cc(CN3CC[C@](Cc4cc(C(C)C)no4)(C(=O)NC)C3)ccc21. The number of hydrogen-bond acceptors (Lipinski definition) is 5. The third-order valence-electron chi connectivity index (χ3n) is 6.75. The molecular formula is C24H34N4O2. The first-order chi connectivity index (χ1) is 14.4. The summed E-state index contributed by atoms with van der Waals surface area (Å²) < 4.78 is 5.58. The summed E-state index contributed by atoms with van der Waals surface area (Å²) >= 11 is 0. The quantitative estimate of drug-likeness (QED) is 0.758. The van der Waals surface area contributed by atoms with Crippen molar-refractivity contribution >= 4 is 11.6 Å². The van der Waals surface area contributed by atoms with E-state index in [2.05, 4.69) is 59.2 Å². The Morgan fingerprint density at radius 2 is 2.13 bits per heavy atom. The van der Waals surface area contributed by atoms with Gasteiger partial charge in [-0.3, -0.25) is 9.69 Å². The Hall–Kier alpha value is -2.34. The molecule has 2 aliphatic rings. The zero-order valence-corrected chi connectivity index (χ0v) is 18.7. The molecule has 0 unspecified atom stereocenters. The number of benzene rings is 1. The highest BCUT2D eigenvalue weighted by atomic mass is 16.5. The molecule has 3 heterocycles. The predicted octanol–water partition coefficient (Wildman–Crippen LogP) is 3.36. The Morgan fingerprint density at radius 3 is 2.83 bits per heavy atom. The Kier molecular flexibility index (Phi) is 5.87. The number of amides is 1. The zero-order valence-electron chi connectivity index (χ0n) is 18.7. The van der Waals surface area contributed by atoms with Crippen molar-refractivity contribution in [2.24, 2.45) is 5.41 Å². The molecule has 1 atom stereocenters. The molecule has 162 valence electrons. The lowest BCUT2D eigenvalue weighted by Crippen LogP contribution is -2.43. The maximum absolute atomic E-state index is 12.9. The van der Waals surface area contributed by atoms with Crippen LogP contribution in [-0.2, 0) is 24.2 Å². The number of nitrogens with zero attached hydrogens (tertiary/aromatic N) is 3. The second-order valence-electron chi connectivity index (χ2n) is 9.16. The highest BCUT2D eigenvalue weighted by molar-refractivity contribution is 5.83. The van der Waals surface area contributed by atoms with Crippen LogP contribution in [0.2, 0.25) is 0 Å². The first-order valence-corrected chi connectivity index (χ1v) is 11.2. The van der Waals surface area contributed by atoms with Gasteiger partial charge in [0.2, 0.25) is 5.91 Å². The van der Waals surface area contributed by atoms with E-state index < -0.39 is 5.41 Å². The van der Waals surface area contributed by atoms with Crippen LogP contribution >= 0.6 is 0 Å². The number of aromatic nitrogens is 1. The standard InChI is InChI=1S/C24H34N4O2/c1-5-28-10-8-19-12-18(6-7-22(19)28)15-27-11-9-24(16-27,23(29)25-4)14-20-13-21(17(2)3)26-30-20/h6-7,12-13,17H,5,8-11,14-16H2,1-4H3,(H,25,29)/t24-/m1/s1. The van der Waals surface area contributed by atoms with E-state index in [0.29, 0.717) is 12.3 Å². The average molecular weight is 411 g/mol. The van der Waals surface area contributed by atoms with Crippen molar-refractivity contribution in [3.05, 3.63) is 46.8 Å². The molecule has 0 aliphatic carbocycles. The molecule has 0 radical (unpaired) electrons. The van der Waals surface area contributed by atoms with Gasteiger partial charge in [0.25, 0.3) is 0 Å². The van der Waals surface area contributed by atoms with E-state index in [1.807, 2.05) is 6.07 Å². The summed E-state index contributed by atoms with van der Waals surface area (Å²) in [6.45, 7) is 11.1. The number of likely N-dealkylation sites (tertiary alicyclic amines) is 1. The van der Waals surface area contributed by atoms with Crippen LogP contribution in [0.15, 0.2) is 28.8 Å². The lowest BCUT2D eigenvalue weighted by Gasteiger charge is -2.26. The first-order valence-electron chi connectivity index (χ1n) is 11.2. The van der Waals surface area contributed by atoms with E-state index in [-0.39, 0.29) is 5.91 Å². The molecule has 2 aliphatic heterocycles. The van der Waals surface area contributed by atoms with E-state index in [4.69, 9.17) is 4.52 Å². The van der Waals surface area contributed by atoms with Gasteiger partial charge in [-0.1, -0.05) is 31.1 Å². The summed E-state index contributed by atoms with van der Waals surface area (Å²) in [6.07, 6.45) is 2.56. The van der Waals surface area contributed by atoms with Crippen LogP contribution in [0.1, 0.15) is 55.7 Å². The molecule has 1 N–H and O–H groups in total. The monoisotopic (exact) mass is 410 g/mol. The number of likely N-dealkylation sites (N-methyl/N-ethyl adjacent to an activating group) is 1. The van der Waals surface area contributed by atoms with Crippen LogP contribution in [0, 0.1) is 5.41 Å². The van der Waals surface area contributed by atoms with Gasteiger partial charge in [0.1, 0.15) is 5.76 Å². The zero-order chi connectivity index (χ0) is 21.3. The Morgan fingerprint density at radius 1 is 1.30 bits per heavy atom. The largest absolute Gasteiger partial charge is 0.371 e. The molecule has 6 heteroatoms. The van der Waals surface area contributed by atoms with Gasteiger partial charge in [0.05, 0.1) is 11.1 Å². The molecular weight excluding hydrogens is 376 g/mol. The van der Waals surface area contributed by atoms with E-state index in [1.54, 1.807) is 7.05 Å². The molecule has 0 bridgehead atoms. The van der Waals surface area contributed by atoms with Gasteiger partial charge >= 0.3 is 0 Å². The molecule has 4 rings (SSSR count). The van der Waals surface area contributed by atoms with Gasteiger partial charge < -0.3 is 14.7 Å². The highest BCUT2D eigenvalue weighted by Crippen LogP contribution is 2.36. The van der Waals surface area contributed by atoms with E-state index in [0.717, 1.165) is 57.0 Å². The van der Waals surface area contributed by atoms with Crippen molar-refractivity contribution in [1.82, 2.24) is 15.4 Å². The molecule has 0 spiro atoms. The fraction of sp³-hybridized carbons (Fsp3) is 0.583. The lowest BCUT2D eigenvalue weighted by molar-refractivity contribution is -0.130. The van der Waals surface area contributed by atoms with Crippen molar-refractivity contribution in [2.45, 2.75) is 52.5 Å². The number of rotatable bonds is 7. The minimum absolute atomic E-state index is 0.0973.